The normalized spacial score (nSPS) is 14.9. The minimum atomic E-state index is -2.31. The Bertz CT molecular complexity index is 1580. The van der Waals surface area contributed by atoms with Crippen molar-refractivity contribution in [3.8, 4) is 0 Å². The quantitative estimate of drug-likeness (QED) is 0.138. The first-order chi connectivity index (χ1) is 17.2. The maximum Gasteiger partial charge on any atom is 0.280 e. The maximum atomic E-state index is 14.4. The number of carbonyl (C=O) groups excluding carboxylic acids is 1. The molecule has 0 fully saturated rings. The van der Waals surface area contributed by atoms with E-state index in [9.17, 15) is 26.7 Å². The molecule has 0 atom stereocenters. The van der Waals surface area contributed by atoms with Gasteiger partial charge in [0.1, 0.15) is 5.69 Å². The minimum absolute atomic E-state index is 0.0235. The van der Waals surface area contributed by atoms with Gasteiger partial charge in [-0.15, -0.1) is 0 Å². The molecule has 1 amide bonds. The highest BCUT2D eigenvalue weighted by Crippen LogP contribution is 2.35. The predicted molar refractivity (Wildman–Crippen MR) is 127 cm³/mol. The minimum Gasteiger partial charge on any atom is -0.340 e. The second-order valence-corrected chi connectivity index (χ2v) is 8.37. The molecule has 9 heteroatoms. The van der Waals surface area contributed by atoms with Crippen LogP contribution in [0.25, 0.3) is 17.0 Å². The number of benzene rings is 3. The number of rotatable bonds is 4. The van der Waals surface area contributed by atoms with Crippen LogP contribution in [0.1, 0.15) is 23.7 Å². The van der Waals surface area contributed by atoms with Crippen LogP contribution < -0.4 is 5.01 Å². The number of hydrogen-bond donors (Lipinski definition) is 0. The van der Waals surface area contributed by atoms with Crippen molar-refractivity contribution in [2.24, 2.45) is 5.10 Å². The fourth-order valence-electron chi connectivity index (χ4n) is 4.37. The standard InChI is InChI=1S/C27H18F5N3O/c1-14-18(27(36)35(33-14)26-24(31)22(29)21(28)23(30)25(26)32)12-19-15(2)34(13-16-8-4-3-5-9-16)20-11-7-6-10-17(19)20/h3-12H,13H2,1-2H3/b18-12+. The Hall–Kier alpha value is -4.27. The summed E-state index contributed by atoms with van der Waals surface area (Å²) in [5.74, 6) is -11.9. The average Bonchev–Trinajstić information content (AvgIpc) is 3.30. The van der Waals surface area contributed by atoms with Gasteiger partial charge in [0.2, 0.25) is 5.82 Å². The van der Waals surface area contributed by atoms with Crippen molar-refractivity contribution in [1.82, 2.24) is 4.57 Å². The zero-order valence-electron chi connectivity index (χ0n) is 19.1. The van der Waals surface area contributed by atoms with Gasteiger partial charge >= 0.3 is 0 Å². The lowest BCUT2D eigenvalue weighted by Gasteiger charge is -2.15. The van der Waals surface area contributed by atoms with Gasteiger partial charge in [0.25, 0.3) is 5.91 Å². The van der Waals surface area contributed by atoms with Crippen LogP contribution in [0.5, 0.6) is 0 Å². The first kappa shape index (κ1) is 23.5. The van der Waals surface area contributed by atoms with E-state index in [-0.39, 0.29) is 16.3 Å². The van der Waals surface area contributed by atoms with Crippen LogP contribution in [0.4, 0.5) is 27.6 Å². The summed E-state index contributed by atoms with van der Waals surface area (Å²) in [4.78, 5) is 13.1. The number of nitrogens with zero attached hydrogens (tertiary/aromatic N) is 3. The molecule has 4 nitrogen and oxygen atoms in total. The van der Waals surface area contributed by atoms with E-state index in [0.29, 0.717) is 12.1 Å². The Kier molecular flexibility index (Phi) is 5.70. The molecular weight excluding hydrogens is 477 g/mol. The second-order valence-electron chi connectivity index (χ2n) is 8.37. The highest BCUT2D eigenvalue weighted by atomic mass is 19.2. The van der Waals surface area contributed by atoms with Crippen LogP contribution in [0.3, 0.4) is 0 Å². The van der Waals surface area contributed by atoms with Crippen molar-refractivity contribution < 1.29 is 26.7 Å². The molecule has 0 N–H and O–H groups in total. The molecule has 0 unspecified atom stereocenters. The average molecular weight is 495 g/mol. The third kappa shape index (κ3) is 3.59. The van der Waals surface area contributed by atoms with Crippen LogP contribution in [-0.2, 0) is 11.3 Å². The third-order valence-corrected chi connectivity index (χ3v) is 6.21. The third-order valence-electron chi connectivity index (χ3n) is 6.21. The molecule has 4 aromatic rings. The summed E-state index contributed by atoms with van der Waals surface area (Å²) >= 11 is 0. The van der Waals surface area contributed by atoms with Gasteiger partial charge < -0.3 is 4.57 Å². The zero-order valence-corrected chi connectivity index (χ0v) is 19.1. The number of carbonyl (C=O) groups is 1. The van der Waals surface area contributed by atoms with E-state index >= 15 is 0 Å². The van der Waals surface area contributed by atoms with E-state index in [0.717, 1.165) is 22.2 Å². The molecule has 0 radical (unpaired) electrons. The van der Waals surface area contributed by atoms with Crippen molar-refractivity contribution in [2.75, 3.05) is 5.01 Å². The van der Waals surface area contributed by atoms with Gasteiger partial charge in [-0.3, -0.25) is 4.79 Å². The zero-order chi connectivity index (χ0) is 25.7. The van der Waals surface area contributed by atoms with Gasteiger partial charge in [-0.25, -0.2) is 22.0 Å². The Labute approximate surface area is 202 Å². The molecule has 0 aliphatic carbocycles. The lowest BCUT2D eigenvalue weighted by atomic mass is 10.0. The molecule has 0 bridgehead atoms. The summed E-state index contributed by atoms with van der Waals surface area (Å²) < 4.78 is 71.9. The number of amides is 1. The highest BCUT2D eigenvalue weighted by molar-refractivity contribution is 6.32. The summed E-state index contributed by atoms with van der Waals surface area (Å²) in [6, 6.07) is 17.3. The molecule has 5 rings (SSSR count). The summed E-state index contributed by atoms with van der Waals surface area (Å²) in [7, 11) is 0. The van der Waals surface area contributed by atoms with Gasteiger partial charge in [-0.2, -0.15) is 10.1 Å². The van der Waals surface area contributed by atoms with E-state index in [4.69, 9.17) is 0 Å². The molecule has 0 saturated carbocycles. The summed E-state index contributed by atoms with van der Waals surface area (Å²) in [6.07, 6.45) is 1.53. The van der Waals surface area contributed by atoms with Gasteiger partial charge in [0.15, 0.2) is 23.3 Å². The number of hydrogen-bond acceptors (Lipinski definition) is 2. The molecular formula is C27H18F5N3O. The van der Waals surface area contributed by atoms with Crippen molar-refractivity contribution >= 4 is 34.3 Å². The molecule has 3 aromatic carbocycles. The molecule has 182 valence electrons. The van der Waals surface area contributed by atoms with E-state index in [1.54, 1.807) is 0 Å². The second kappa shape index (κ2) is 8.75. The maximum absolute atomic E-state index is 14.4. The number of fused-ring (bicyclic) bond motifs is 1. The van der Waals surface area contributed by atoms with Gasteiger partial charge in [-0.1, -0.05) is 48.5 Å². The lowest BCUT2D eigenvalue weighted by Crippen LogP contribution is -2.25. The molecule has 1 aliphatic rings. The molecule has 2 heterocycles. The summed E-state index contributed by atoms with van der Waals surface area (Å²) in [6.45, 7) is 3.87. The number of anilines is 1. The smallest absolute Gasteiger partial charge is 0.280 e. The Morgan fingerprint density at radius 1 is 0.806 bits per heavy atom. The lowest BCUT2D eigenvalue weighted by molar-refractivity contribution is -0.114. The van der Waals surface area contributed by atoms with E-state index in [1.165, 1.54) is 13.0 Å². The number of aromatic nitrogens is 1. The van der Waals surface area contributed by atoms with E-state index in [1.807, 2.05) is 61.5 Å². The van der Waals surface area contributed by atoms with Crippen LogP contribution in [-0.4, -0.2) is 16.2 Å². The van der Waals surface area contributed by atoms with Crippen LogP contribution in [0, 0.1) is 36.0 Å². The number of halogens is 5. The van der Waals surface area contributed by atoms with E-state index in [2.05, 4.69) is 9.67 Å². The summed E-state index contributed by atoms with van der Waals surface area (Å²) in [5, 5.41) is 4.87. The predicted octanol–water partition coefficient (Wildman–Crippen LogP) is 6.50. The van der Waals surface area contributed by atoms with Gasteiger partial charge in [-0.05, 0) is 31.6 Å². The van der Waals surface area contributed by atoms with Crippen LogP contribution >= 0.6 is 0 Å². The van der Waals surface area contributed by atoms with Crippen molar-refractivity contribution in [1.29, 1.82) is 0 Å². The van der Waals surface area contributed by atoms with Crippen molar-refractivity contribution in [3.05, 3.63) is 106 Å². The molecule has 36 heavy (non-hydrogen) atoms. The van der Waals surface area contributed by atoms with Crippen LogP contribution in [0.2, 0.25) is 0 Å². The monoisotopic (exact) mass is 495 g/mol. The first-order valence-corrected chi connectivity index (χ1v) is 11.0. The molecule has 1 aromatic heterocycles. The Morgan fingerprint density at radius 2 is 1.39 bits per heavy atom. The molecule has 1 aliphatic heterocycles. The van der Waals surface area contributed by atoms with E-state index < -0.39 is 40.7 Å². The van der Waals surface area contributed by atoms with Crippen LogP contribution in [0.15, 0.2) is 65.3 Å². The highest BCUT2D eigenvalue weighted by Gasteiger charge is 2.37. The van der Waals surface area contributed by atoms with Gasteiger partial charge in [0, 0.05) is 28.7 Å². The number of hydrazone groups is 1. The fraction of sp³-hybridized carbons (Fsp3) is 0.111. The Balaban J connectivity index is 1.62. The van der Waals surface area contributed by atoms with Crippen molar-refractivity contribution in [2.45, 2.75) is 20.4 Å². The first-order valence-electron chi connectivity index (χ1n) is 11.0. The van der Waals surface area contributed by atoms with Gasteiger partial charge in [0.05, 0.1) is 11.3 Å². The molecule has 0 spiro atoms. The molecule has 0 saturated heterocycles. The summed E-state index contributed by atoms with van der Waals surface area (Å²) in [5.41, 5.74) is 2.10. The Morgan fingerprint density at radius 3 is 2.06 bits per heavy atom. The van der Waals surface area contributed by atoms with Crippen molar-refractivity contribution in [3.63, 3.8) is 0 Å². The topological polar surface area (TPSA) is 37.6 Å². The number of para-hydroxylation sites is 1. The SMILES string of the molecule is CC1=NN(c2c(F)c(F)c(F)c(F)c2F)C(=O)/C1=C/c1c(C)n(Cc2ccccc2)c2ccccc12. The largest absolute Gasteiger partial charge is 0.340 e. The fourth-order valence-corrected chi connectivity index (χ4v) is 4.37.